The fraction of sp³-hybridized carbons (Fsp3) is 1.00. The van der Waals surface area contributed by atoms with E-state index in [0.717, 1.165) is 6.04 Å². The van der Waals surface area contributed by atoms with Crippen LogP contribution in [0, 0.1) is 0 Å². The molecule has 10 heavy (non-hydrogen) atoms. The Kier molecular flexibility index (Phi) is 1.48. The summed E-state index contributed by atoms with van der Waals surface area (Å²) in [4.78, 5) is 0. The first-order valence-electron chi connectivity index (χ1n) is 4.58. The van der Waals surface area contributed by atoms with Gasteiger partial charge in [-0.1, -0.05) is 19.3 Å². The van der Waals surface area contributed by atoms with Crippen molar-refractivity contribution in [2.24, 2.45) is 0 Å². The van der Waals surface area contributed by atoms with Crippen LogP contribution in [0.25, 0.3) is 0 Å². The van der Waals surface area contributed by atoms with Gasteiger partial charge in [0.05, 0.1) is 0 Å². The fourth-order valence-corrected chi connectivity index (χ4v) is 2.66. The zero-order chi connectivity index (χ0) is 7.03. The van der Waals surface area contributed by atoms with Crippen molar-refractivity contribution in [2.45, 2.75) is 57.0 Å². The maximum absolute atomic E-state index is 3.66. The molecule has 0 aromatic carbocycles. The number of hydrogen-bond acceptors (Lipinski definition) is 1. The Hall–Kier alpha value is -0.0400. The third-order valence-electron chi connectivity index (χ3n) is 3.06. The third kappa shape index (κ3) is 0.968. The van der Waals surface area contributed by atoms with Crippen molar-refractivity contribution in [2.75, 3.05) is 0 Å². The Balaban J connectivity index is 1.90. The predicted octanol–water partition coefficient (Wildman–Crippen LogP) is 2.07. The number of hydrogen-bond donors (Lipinski definition) is 1. The minimum absolute atomic E-state index is 0.623. The Labute approximate surface area is 63.2 Å². The topological polar surface area (TPSA) is 12.0 Å². The van der Waals surface area contributed by atoms with E-state index in [9.17, 15) is 0 Å². The Morgan fingerprint density at radius 2 is 1.80 bits per heavy atom. The predicted molar refractivity (Wildman–Crippen MR) is 43.0 cm³/mol. The van der Waals surface area contributed by atoms with Crippen molar-refractivity contribution in [1.29, 1.82) is 0 Å². The molecule has 0 amide bonds. The Morgan fingerprint density at radius 1 is 1.20 bits per heavy atom. The van der Waals surface area contributed by atoms with Gasteiger partial charge in [-0.05, 0) is 26.2 Å². The molecule has 1 unspecified atom stereocenters. The summed E-state index contributed by atoms with van der Waals surface area (Å²) in [5, 5.41) is 3.66. The van der Waals surface area contributed by atoms with Crippen LogP contribution >= 0.6 is 0 Å². The molecule has 0 radical (unpaired) electrons. The lowest BCUT2D eigenvalue weighted by atomic mass is 9.72. The molecule has 1 nitrogen and oxygen atoms in total. The Bertz CT molecular complexity index is 109. The molecule has 58 valence electrons. The van der Waals surface area contributed by atoms with Gasteiger partial charge in [0.25, 0.3) is 0 Å². The molecule has 1 heterocycles. The molecule has 2 aliphatic rings. The minimum atomic E-state index is 0.623. The van der Waals surface area contributed by atoms with E-state index in [0.29, 0.717) is 5.54 Å². The summed E-state index contributed by atoms with van der Waals surface area (Å²) < 4.78 is 0. The van der Waals surface area contributed by atoms with Gasteiger partial charge in [0.15, 0.2) is 0 Å². The second-order valence-electron chi connectivity index (χ2n) is 4.09. The highest BCUT2D eigenvalue weighted by Gasteiger charge is 2.41. The molecule has 1 aliphatic carbocycles. The lowest BCUT2D eigenvalue weighted by Gasteiger charge is -2.50. The third-order valence-corrected chi connectivity index (χ3v) is 3.06. The van der Waals surface area contributed by atoms with Crippen LogP contribution in [0.3, 0.4) is 0 Å². The van der Waals surface area contributed by atoms with Gasteiger partial charge in [0, 0.05) is 11.6 Å². The molecule has 0 aromatic heterocycles. The van der Waals surface area contributed by atoms with E-state index in [2.05, 4.69) is 12.2 Å². The van der Waals surface area contributed by atoms with E-state index in [4.69, 9.17) is 0 Å². The minimum Gasteiger partial charge on any atom is -0.309 e. The molecule has 1 atom stereocenters. The van der Waals surface area contributed by atoms with Crippen molar-refractivity contribution in [3.8, 4) is 0 Å². The van der Waals surface area contributed by atoms with E-state index in [-0.39, 0.29) is 0 Å². The molecule has 0 aromatic rings. The molecule has 1 aliphatic heterocycles. The lowest BCUT2D eigenvalue weighted by molar-refractivity contribution is 0.0980. The van der Waals surface area contributed by atoms with E-state index < -0.39 is 0 Å². The molecule has 1 N–H and O–H groups in total. The maximum Gasteiger partial charge on any atom is 0.0198 e. The van der Waals surface area contributed by atoms with Gasteiger partial charge in [-0.2, -0.15) is 0 Å². The monoisotopic (exact) mass is 139 g/mol. The quantitative estimate of drug-likeness (QED) is 0.541. The standard InChI is InChI=1S/C9H17N/c1-8-7-9(10-8)5-3-2-4-6-9/h8,10H,2-7H2,1H3. The number of rotatable bonds is 0. The van der Waals surface area contributed by atoms with Gasteiger partial charge >= 0.3 is 0 Å². The zero-order valence-electron chi connectivity index (χ0n) is 6.82. The molecular formula is C9H17N. The van der Waals surface area contributed by atoms with Gasteiger partial charge < -0.3 is 5.32 Å². The van der Waals surface area contributed by atoms with Crippen LogP contribution in [0.5, 0.6) is 0 Å². The zero-order valence-corrected chi connectivity index (χ0v) is 6.82. The molecule has 1 spiro atoms. The van der Waals surface area contributed by atoms with Crippen molar-refractivity contribution >= 4 is 0 Å². The van der Waals surface area contributed by atoms with Crippen molar-refractivity contribution in [3.05, 3.63) is 0 Å². The van der Waals surface area contributed by atoms with Gasteiger partial charge in [0.1, 0.15) is 0 Å². The van der Waals surface area contributed by atoms with E-state index in [1.54, 1.807) is 0 Å². The summed E-state index contributed by atoms with van der Waals surface area (Å²) in [6, 6.07) is 0.804. The molecule has 0 bridgehead atoms. The molecule has 1 saturated heterocycles. The maximum atomic E-state index is 3.66. The largest absolute Gasteiger partial charge is 0.309 e. The first-order valence-corrected chi connectivity index (χ1v) is 4.58. The SMILES string of the molecule is CC1CC2(CCCCC2)N1. The van der Waals surface area contributed by atoms with Crippen LogP contribution in [0.2, 0.25) is 0 Å². The summed E-state index contributed by atoms with van der Waals surface area (Å²) in [6.45, 7) is 2.29. The molecule has 2 fully saturated rings. The fourth-order valence-electron chi connectivity index (χ4n) is 2.66. The summed E-state index contributed by atoms with van der Waals surface area (Å²) in [6.07, 6.45) is 8.71. The smallest absolute Gasteiger partial charge is 0.0198 e. The molecule has 1 saturated carbocycles. The Morgan fingerprint density at radius 3 is 2.30 bits per heavy atom. The first-order chi connectivity index (χ1) is 4.81. The summed E-state index contributed by atoms with van der Waals surface area (Å²) in [5.41, 5.74) is 0.623. The second-order valence-corrected chi connectivity index (χ2v) is 4.09. The first kappa shape index (κ1) is 6.66. The average Bonchev–Trinajstić information content (AvgIpc) is 1.87. The van der Waals surface area contributed by atoms with Crippen LogP contribution in [0.1, 0.15) is 45.4 Å². The van der Waals surface area contributed by atoms with Crippen molar-refractivity contribution in [1.82, 2.24) is 5.32 Å². The van der Waals surface area contributed by atoms with Crippen LogP contribution in [0.15, 0.2) is 0 Å². The molecular weight excluding hydrogens is 122 g/mol. The van der Waals surface area contributed by atoms with Crippen molar-refractivity contribution < 1.29 is 0 Å². The molecule has 2 rings (SSSR count). The van der Waals surface area contributed by atoms with Gasteiger partial charge in [0.2, 0.25) is 0 Å². The highest BCUT2D eigenvalue weighted by atomic mass is 15.1. The summed E-state index contributed by atoms with van der Waals surface area (Å²) in [7, 11) is 0. The highest BCUT2D eigenvalue weighted by molar-refractivity contribution is 5.02. The number of nitrogens with one attached hydrogen (secondary N) is 1. The van der Waals surface area contributed by atoms with Crippen LogP contribution in [-0.2, 0) is 0 Å². The van der Waals surface area contributed by atoms with Crippen LogP contribution in [-0.4, -0.2) is 11.6 Å². The lowest BCUT2D eigenvalue weighted by Crippen LogP contribution is -2.62. The van der Waals surface area contributed by atoms with E-state index >= 15 is 0 Å². The van der Waals surface area contributed by atoms with Gasteiger partial charge in [-0.25, -0.2) is 0 Å². The summed E-state index contributed by atoms with van der Waals surface area (Å²) in [5.74, 6) is 0. The van der Waals surface area contributed by atoms with Gasteiger partial charge in [-0.15, -0.1) is 0 Å². The molecule has 1 heteroatoms. The van der Waals surface area contributed by atoms with E-state index in [1.807, 2.05) is 0 Å². The van der Waals surface area contributed by atoms with Crippen LogP contribution < -0.4 is 5.32 Å². The van der Waals surface area contributed by atoms with E-state index in [1.165, 1.54) is 38.5 Å². The average molecular weight is 139 g/mol. The highest BCUT2D eigenvalue weighted by Crippen LogP contribution is 2.38. The summed E-state index contributed by atoms with van der Waals surface area (Å²) >= 11 is 0. The second kappa shape index (κ2) is 2.23. The van der Waals surface area contributed by atoms with Crippen molar-refractivity contribution in [3.63, 3.8) is 0 Å². The normalized spacial score (nSPS) is 37.5. The van der Waals surface area contributed by atoms with Crippen LogP contribution in [0.4, 0.5) is 0 Å². The van der Waals surface area contributed by atoms with Gasteiger partial charge in [-0.3, -0.25) is 0 Å².